The molecule has 1 heterocycles. The van der Waals surface area contributed by atoms with E-state index in [1.807, 2.05) is 66.7 Å². The number of carbonyl (C=O) groups excluding carboxylic acids is 1. The summed E-state index contributed by atoms with van der Waals surface area (Å²) in [6.45, 7) is 0.395. The van der Waals surface area contributed by atoms with Crippen molar-refractivity contribution in [3.8, 4) is 0 Å². The highest BCUT2D eigenvalue weighted by Crippen LogP contribution is 2.28. The van der Waals surface area contributed by atoms with Gasteiger partial charge >= 0.3 is 5.97 Å². The summed E-state index contributed by atoms with van der Waals surface area (Å²) in [7, 11) is 1.50. The summed E-state index contributed by atoms with van der Waals surface area (Å²) in [5.41, 5.74) is 2.34. The third kappa shape index (κ3) is 6.75. The Bertz CT molecular complexity index is 1030. The van der Waals surface area contributed by atoms with E-state index < -0.39 is 36.7 Å². The highest BCUT2D eigenvalue weighted by molar-refractivity contribution is 5.89. The number of hydrogen-bond donors (Lipinski definition) is 1. The summed E-state index contributed by atoms with van der Waals surface area (Å²) in [5.74, 6) is -0.500. The van der Waals surface area contributed by atoms with Gasteiger partial charge in [-0.1, -0.05) is 78.9 Å². The number of aliphatic hydroxyl groups is 1. The summed E-state index contributed by atoms with van der Waals surface area (Å²) in [6, 6.07) is 28.0. The highest BCUT2D eigenvalue weighted by Gasteiger charge is 2.47. The van der Waals surface area contributed by atoms with Gasteiger partial charge in [0, 0.05) is 7.11 Å². The molecule has 0 aromatic heterocycles. The fourth-order valence-electron chi connectivity index (χ4n) is 3.93. The van der Waals surface area contributed by atoms with Gasteiger partial charge in [-0.15, -0.1) is 0 Å². The lowest BCUT2D eigenvalue weighted by Gasteiger charge is -2.43. The predicted molar refractivity (Wildman–Crippen MR) is 128 cm³/mol. The molecule has 0 radical (unpaired) electrons. The quantitative estimate of drug-likeness (QED) is 0.445. The van der Waals surface area contributed by atoms with E-state index in [0.29, 0.717) is 12.2 Å². The van der Waals surface area contributed by atoms with Gasteiger partial charge in [0.05, 0.1) is 18.8 Å². The third-order valence-electron chi connectivity index (χ3n) is 5.81. The lowest BCUT2D eigenvalue weighted by Crippen LogP contribution is -2.60. The molecule has 3 aromatic carbocycles. The van der Waals surface area contributed by atoms with Gasteiger partial charge in [0.25, 0.3) is 0 Å². The van der Waals surface area contributed by atoms with Crippen LogP contribution in [0.25, 0.3) is 0 Å². The fraction of sp³-hybridized carbons (Fsp3) is 0.321. The number of rotatable bonds is 10. The number of benzene rings is 3. The van der Waals surface area contributed by atoms with Crippen molar-refractivity contribution in [3.05, 3.63) is 108 Å². The number of methoxy groups -OCH3 is 1. The maximum Gasteiger partial charge on any atom is 0.338 e. The van der Waals surface area contributed by atoms with E-state index in [0.717, 1.165) is 11.1 Å². The molecule has 4 rings (SSSR count). The maximum absolute atomic E-state index is 12.4. The fourth-order valence-corrected chi connectivity index (χ4v) is 3.93. The van der Waals surface area contributed by atoms with Crippen molar-refractivity contribution in [3.63, 3.8) is 0 Å². The van der Waals surface area contributed by atoms with Crippen molar-refractivity contribution in [1.29, 1.82) is 0 Å². The van der Waals surface area contributed by atoms with Gasteiger partial charge < -0.3 is 28.8 Å². The van der Waals surface area contributed by atoms with Gasteiger partial charge in [-0.05, 0) is 23.3 Å². The summed E-state index contributed by atoms with van der Waals surface area (Å²) in [6.07, 6.45) is -4.29. The first kappa shape index (κ1) is 25.0. The molecule has 1 N–H and O–H groups in total. The van der Waals surface area contributed by atoms with Crippen molar-refractivity contribution >= 4 is 5.97 Å². The van der Waals surface area contributed by atoms with Crippen molar-refractivity contribution in [1.82, 2.24) is 0 Å². The molecule has 0 saturated carbocycles. The molecule has 184 valence electrons. The lowest BCUT2D eigenvalue weighted by atomic mass is 9.98. The minimum Gasteiger partial charge on any atom is -0.459 e. The Morgan fingerprint density at radius 3 is 1.86 bits per heavy atom. The summed E-state index contributed by atoms with van der Waals surface area (Å²) in [5, 5.41) is 11.2. The molecule has 0 unspecified atom stereocenters. The largest absolute Gasteiger partial charge is 0.459 e. The molecule has 7 heteroatoms. The molecule has 0 amide bonds. The van der Waals surface area contributed by atoms with Gasteiger partial charge in [-0.2, -0.15) is 0 Å². The van der Waals surface area contributed by atoms with Crippen LogP contribution in [0.2, 0.25) is 0 Å². The Hall–Kier alpha value is -3.07. The van der Waals surface area contributed by atoms with Gasteiger partial charge in [-0.3, -0.25) is 0 Å². The summed E-state index contributed by atoms with van der Waals surface area (Å²) < 4.78 is 29.3. The van der Waals surface area contributed by atoms with E-state index in [4.69, 9.17) is 23.7 Å². The lowest BCUT2D eigenvalue weighted by molar-refractivity contribution is -0.313. The zero-order valence-corrected chi connectivity index (χ0v) is 19.6. The van der Waals surface area contributed by atoms with E-state index >= 15 is 0 Å². The SMILES string of the molecule is CO[C@H]1O[C@H](COC(=O)c2ccccc2)[C@H](O)[C@H](OCc2ccccc2)[C@H]1OCc1ccccc1. The molecule has 7 nitrogen and oxygen atoms in total. The van der Waals surface area contributed by atoms with Gasteiger partial charge in [-0.25, -0.2) is 4.79 Å². The van der Waals surface area contributed by atoms with Crippen LogP contribution < -0.4 is 0 Å². The first-order valence-electron chi connectivity index (χ1n) is 11.5. The summed E-state index contributed by atoms with van der Waals surface area (Å²) in [4.78, 5) is 12.4. The monoisotopic (exact) mass is 478 g/mol. The van der Waals surface area contributed by atoms with E-state index in [-0.39, 0.29) is 13.2 Å². The highest BCUT2D eigenvalue weighted by atomic mass is 16.7. The maximum atomic E-state index is 12.4. The Morgan fingerprint density at radius 1 is 0.800 bits per heavy atom. The molecule has 3 aromatic rings. The molecule has 1 aliphatic rings. The molecule has 0 aliphatic carbocycles. The molecule has 35 heavy (non-hydrogen) atoms. The van der Waals surface area contributed by atoms with Crippen LogP contribution >= 0.6 is 0 Å². The van der Waals surface area contributed by atoms with Crippen LogP contribution in [0.1, 0.15) is 21.5 Å². The molecule has 0 bridgehead atoms. The number of hydrogen-bond acceptors (Lipinski definition) is 7. The van der Waals surface area contributed by atoms with Crippen LogP contribution in [0.15, 0.2) is 91.0 Å². The Balaban J connectivity index is 1.47. The van der Waals surface area contributed by atoms with E-state index in [1.54, 1.807) is 24.3 Å². The van der Waals surface area contributed by atoms with Crippen LogP contribution in [0.4, 0.5) is 0 Å². The molecule has 5 atom stereocenters. The standard InChI is InChI=1S/C28H30O7/c1-31-28-26(33-18-21-13-7-3-8-14-21)25(32-17-20-11-5-2-6-12-20)24(29)23(35-28)19-34-27(30)22-15-9-4-10-16-22/h2-16,23-26,28-29H,17-19H2,1H3/t23-,24+,25+,26-,28+/m1/s1. The van der Waals surface area contributed by atoms with Crippen LogP contribution in [-0.2, 0) is 36.9 Å². The van der Waals surface area contributed by atoms with Crippen LogP contribution in [0, 0.1) is 0 Å². The Kier molecular flexibility index (Phi) is 9.00. The van der Waals surface area contributed by atoms with Gasteiger partial charge in [0.1, 0.15) is 31.0 Å². The normalized spacial score (nSPS) is 24.1. The number of aliphatic hydroxyl groups excluding tert-OH is 1. The van der Waals surface area contributed by atoms with Crippen molar-refractivity contribution in [2.45, 2.75) is 43.9 Å². The van der Waals surface area contributed by atoms with E-state index in [1.165, 1.54) is 7.11 Å². The second kappa shape index (κ2) is 12.6. The van der Waals surface area contributed by atoms with E-state index in [9.17, 15) is 9.90 Å². The first-order valence-corrected chi connectivity index (χ1v) is 11.5. The second-order valence-electron chi connectivity index (χ2n) is 8.26. The average molecular weight is 479 g/mol. The molecule has 1 fully saturated rings. The number of ether oxygens (including phenoxy) is 5. The second-order valence-corrected chi connectivity index (χ2v) is 8.26. The Labute approximate surface area is 205 Å². The average Bonchev–Trinajstić information content (AvgIpc) is 2.92. The van der Waals surface area contributed by atoms with Crippen LogP contribution in [0.5, 0.6) is 0 Å². The van der Waals surface area contributed by atoms with Crippen molar-refractivity contribution in [2.24, 2.45) is 0 Å². The van der Waals surface area contributed by atoms with Crippen molar-refractivity contribution < 1.29 is 33.6 Å². The van der Waals surface area contributed by atoms with Crippen LogP contribution in [0.3, 0.4) is 0 Å². The smallest absolute Gasteiger partial charge is 0.338 e. The zero-order chi connectivity index (χ0) is 24.5. The van der Waals surface area contributed by atoms with Gasteiger partial charge in [0.15, 0.2) is 6.29 Å². The topological polar surface area (TPSA) is 83.5 Å². The Morgan fingerprint density at radius 2 is 1.31 bits per heavy atom. The first-order chi connectivity index (χ1) is 17.2. The molecule has 1 aliphatic heterocycles. The van der Waals surface area contributed by atoms with Crippen molar-refractivity contribution in [2.75, 3.05) is 13.7 Å². The molecule has 1 saturated heterocycles. The summed E-state index contributed by atoms with van der Waals surface area (Å²) >= 11 is 0. The van der Waals surface area contributed by atoms with E-state index in [2.05, 4.69) is 0 Å². The third-order valence-corrected chi connectivity index (χ3v) is 5.81. The minimum absolute atomic E-state index is 0.161. The molecular formula is C28H30O7. The minimum atomic E-state index is -1.12. The number of esters is 1. The zero-order valence-electron chi connectivity index (χ0n) is 19.6. The predicted octanol–water partition coefficient (Wildman–Crippen LogP) is 3.75. The molecule has 0 spiro atoms. The molecular weight excluding hydrogens is 448 g/mol. The van der Waals surface area contributed by atoms with Gasteiger partial charge in [0.2, 0.25) is 0 Å². The van der Waals surface area contributed by atoms with Crippen LogP contribution in [-0.4, -0.2) is 55.5 Å². The number of carbonyl (C=O) groups is 1.